The minimum atomic E-state index is -1.01. The molecule has 7 heteroatoms. The molecule has 1 aliphatic rings. The minimum absolute atomic E-state index is 0.156. The van der Waals surface area contributed by atoms with Crippen LogP contribution in [0.2, 0.25) is 0 Å². The first kappa shape index (κ1) is 18.0. The number of ether oxygens (including phenoxy) is 1. The van der Waals surface area contributed by atoms with Gasteiger partial charge in [0.25, 0.3) is 0 Å². The summed E-state index contributed by atoms with van der Waals surface area (Å²) in [7, 11) is 0. The molecule has 0 bridgehead atoms. The van der Waals surface area contributed by atoms with Crippen molar-refractivity contribution in [1.82, 2.24) is 4.98 Å². The van der Waals surface area contributed by atoms with E-state index in [2.05, 4.69) is 30.2 Å². The molecule has 0 aliphatic carbocycles. The lowest BCUT2D eigenvalue weighted by Gasteiger charge is -2.12. The maximum Gasteiger partial charge on any atom is 0.332 e. The molecule has 0 amide bonds. The summed E-state index contributed by atoms with van der Waals surface area (Å²) in [5.74, 6) is 0.0743. The third-order valence-corrected chi connectivity index (χ3v) is 5.52. The topological polar surface area (TPSA) is 95.2 Å². The molecule has 2 aromatic rings. The SMILES string of the molecule is CC(=CNc1cc(-c2ncc(C(C)C)s2)c2c(c1C#N)CCO2)C(=O)O. The fraction of sp³-hybridized carbons (Fsp3) is 0.316. The summed E-state index contributed by atoms with van der Waals surface area (Å²) in [6, 6.07) is 4.03. The van der Waals surface area contributed by atoms with Gasteiger partial charge in [-0.3, -0.25) is 0 Å². The van der Waals surface area contributed by atoms with Crippen LogP contribution in [-0.2, 0) is 11.2 Å². The van der Waals surface area contributed by atoms with Crippen molar-refractivity contribution in [3.05, 3.63) is 40.0 Å². The number of hydrogen-bond donors (Lipinski definition) is 2. The Morgan fingerprint density at radius 1 is 1.54 bits per heavy atom. The highest BCUT2D eigenvalue weighted by molar-refractivity contribution is 7.15. The van der Waals surface area contributed by atoms with Crippen LogP contribution in [0, 0.1) is 11.3 Å². The van der Waals surface area contributed by atoms with Crippen molar-refractivity contribution in [1.29, 1.82) is 5.26 Å². The van der Waals surface area contributed by atoms with Gasteiger partial charge in [0.15, 0.2) is 0 Å². The molecule has 0 atom stereocenters. The van der Waals surface area contributed by atoms with E-state index in [-0.39, 0.29) is 5.57 Å². The normalized spacial score (nSPS) is 13.3. The van der Waals surface area contributed by atoms with Gasteiger partial charge in [0.05, 0.1) is 23.4 Å². The Kier molecular flexibility index (Phi) is 4.96. The maximum atomic E-state index is 11.0. The van der Waals surface area contributed by atoms with Gasteiger partial charge in [0.2, 0.25) is 0 Å². The van der Waals surface area contributed by atoms with E-state index in [4.69, 9.17) is 9.84 Å². The van der Waals surface area contributed by atoms with Crippen LogP contribution >= 0.6 is 11.3 Å². The molecule has 0 saturated heterocycles. The number of benzene rings is 1. The third-order valence-electron chi connectivity index (χ3n) is 4.19. The van der Waals surface area contributed by atoms with Gasteiger partial charge in [0.1, 0.15) is 16.8 Å². The maximum absolute atomic E-state index is 11.0. The smallest absolute Gasteiger partial charge is 0.332 e. The Morgan fingerprint density at radius 2 is 2.31 bits per heavy atom. The number of thiazole rings is 1. The summed E-state index contributed by atoms with van der Waals surface area (Å²) < 4.78 is 5.79. The summed E-state index contributed by atoms with van der Waals surface area (Å²) in [5.41, 5.74) is 2.88. The first-order valence-corrected chi connectivity index (χ1v) is 9.09. The van der Waals surface area contributed by atoms with E-state index >= 15 is 0 Å². The van der Waals surface area contributed by atoms with Crippen LogP contribution in [0.5, 0.6) is 5.75 Å². The molecular weight excluding hydrogens is 350 g/mol. The fourth-order valence-corrected chi connectivity index (χ4v) is 3.64. The molecule has 1 aromatic carbocycles. The van der Waals surface area contributed by atoms with Crippen molar-refractivity contribution in [2.75, 3.05) is 11.9 Å². The molecule has 3 rings (SSSR count). The minimum Gasteiger partial charge on any atom is -0.492 e. The van der Waals surface area contributed by atoms with Crippen LogP contribution in [0.25, 0.3) is 10.6 Å². The van der Waals surface area contributed by atoms with Crippen LogP contribution in [0.4, 0.5) is 5.69 Å². The summed E-state index contributed by atoms with van der Waals surface area (Å²) >= 11 is 1.60. The number of hydrogen-bond acceptors (Lipinski definition) is 6. The Morgan fingerprint density at radius 3 is 2.92 bits per heavy atom. The molecule has 6 nitrogen and oxygen atoms in total. The van der Waals surface area contributed by atoms with Crippen molar-refractivity contribution in [2.45, 2.75) is 33.1 Å². The number of nitrogens with zero attached hydrogens (tertiary/aromatic N) is 2. The molecule has 1 aromatic heterocycles. The van der Waals surface area contributed by atoms with Crippen LogP contribution < -0.4 is 10.1 Å². The molecular formula is C19H19N3O3S. The van der Waals surface area contributed by atoms with Crippen molar-refractivity contribution in [3.63, 3.8) is 0 Å². The Labute approximate surface area is 155 Å². The van der Waals surface area contributed by atoms with Gasteiger partial charge in [-0.1, -0.05) is 13.8 Å². The Bertz CT molecular complexity index is 938. The summed E-state index contributed by atoms with van der Waals surface area (Å²) in [6.45, 7) is 6.24. The van der Waals surface area contributed by atoms with Crippen molar-refractivity contribution >= 4 is 23.0 Å². The average Bonchev–Trinajstić information content (AvgIpc) is 3.27. The fourth-order valence-electron chi connectivity index (χ4n) is 2.71. The number of nitrogens with one attached hydrogen (secondary N) is 1. The van der Waals surface area contributed by atoms with E-state index in [1.807, 2.05) is 12.3 Å². The van der Waals surface area contributed by atoms with Crippen molar-refractivity contribution < 1.29 is 14.6 Å². The van der Waals surface area contributed by atoms with Gasteiger partial charge in [-0.15, -0.1) is 11.3 Å². The summed E-state index contributed by atoms with van der Waals surface area (Å²) in [5, 5.41) is 22.4. The lowest BCUT2D eigenvalue weighted by atomic mass is 10.00. The predicted octanol–water partition coefficient (Wildman–Crippen LogP) is 4.14. The molecule has 2 N–H and O–H groups in total. The van der Waals surface area contributed by atoms with E-state index < -0.39 is 5.97 Å². The molecule has 134 valence electrons. The number of anilines is 1. The highest BCUT2D eigenvalue weighted by Crippen LogP contribution is 2.44. The average molecular weight is 369 g/mol. The van der Waals surface area contributed by atoms with E-state index in [0.29, 0.717) is 35.9 Å². The van der Waals surface area contributed by atoms with Gasteiger partial charge in [0, 0.05) is 34.8 Å². The van der Waals surface area contributed by atoms with Gasteiger partial charge < -0.3 is 15.2 Å². The van der Waals surface area contributed by atoms with Gasteiger partial charge in [-0.25, -0.2) is 9.78 Å². The number of aliphatic carboxylic acids is 1. The van der Waals surface area contributed by atoms with Crippen LogP contribution in [0.1, 0.15) is 42.7 Å². The number of carboxylic acid groups (broad SMARTS) is 1. The number of nitriles is 1. The standard InChI is InChI=1S/C19H19N3O3S/c1-10(2)16-9-22-18(26-16)13-6-15(21-8-11(3)19(23)24)14(7-20)12-4-5-25-17(12)13/h6,8-10,21H,4-5H2,1-3H3,(H,23,24). The molecule has 1 aliphatic heterocycles. The molecule has 0 saturated carbocycles. The molecule has 0 radical (unpaired) electrons. The summed E-state index contributed by atoms with van der Waals surface area (Å²) in [6.07, 6.45) is 3.91. The van der Waals surface area contributed by atoms with Gasteiger partial charge in [-0.05, 0) is 18.9 Å². The summed E-state index contributed by atoms with van der Waals surface area (Å²) in [4.78, 5) is 16.7. The van der Waals surface area contributed by atoms with Crippen molar-refractivity contribution in [2.24, 2.45) is 0 Å². The zero-order valence-corrected chi connectivity index (χ0v) is 15.6. The van der Waals surface area contributed by atoms with E-state index in [9.17, 15) is 10.1 Å². The number of carboxylic acids is 1. The highest BCUT2D eigenvalue weighted by atomic mass is 32.1. The van der Waals surface area contributed by atoms with Gasteiger partial charge in [-0.2, -0.15) is 5.26 Å². The van der Waals surface area contributed by atoms with E-state index in [0.717, 1.165) is 16.1 Å². The predicted molar refractivity (Wildman–Crippen MR) is 101 cm³/mol. The second-order valence-corrected chi connectivity index (χ2v) is 7.43. The molecule has 26 heavy (non-hydrogen) atoms. The van der Waals surface area contributed by atoms with Crippen LogP contribution in [0.3, 0.4) is 0 Å². The molecule has 2 heterocycles. The first-order chi connectivity index (χ1) is 12.4. The number of fused-ring (bicyclic) bond motifs is 1. The molecule has 0 spiro atoms. The lowest BCUT2D eigenvalue weighted by Crippen LogP contribution is -2.02. The second-order valence-electron chi connectivity index (χ2n) is 6.36. The monoisotopic (exact) mass is 369 g/mol. The lowest BCUT2D eigenvalue weighted by molar-refractivity contribution is -0.132. The molecule has 0 unspecified atom stereocenters. The number of aromatic nitrogens is 1. The van der Waals surface area contributed by atoms with Crippen LogP contribution in [0.15, 0.2) is 24.0 Å². The largest absolute Gasteiger partial charge is 0.492 e. The third kappa shape index (κ3) is 3.28. The van der Waals surface area contributed by atoms with Crippen molar-refractivity contribution in [3.8, 4) is 22.4 Å². The zero-order chi connectivity index (χ0) is 18.8. The quantitative estimate of drug-likeness (QED) is 0.769. The van der Waals surface area contributed by atoms with Crippen LogP contribution in [-0.4, -0.2) is 22.7 Å². The van der Waals surface area contributed by atoms with E-state index in [1.165, 1.54) is 18.0 Å². The molecule has 0 fully saturated rings. The zero-order valence-electron chi connectivity index (χ0n) is 14.8. The highest BCUT2D eigenvalue weighted by Gasteiger charge is 2.26. The van der Waals surface area contributed by atoms with E-state index in [1.54, 1.807) is 11.3 Å². The Balaban J connectivity index is 2.12. The Hall–Kier alpha value is -2.85. The number of rotatable bonds is 5. The second kappa shape index (κ2) is 7.18. The first-order valence-electron chi connectivity index (χ1n) is 8.27. The van der Waals surface area contributed by atoms with Gasteiger partial charge >= 0.3 is 5.97 Å². The number of carbonyl (C=O) groups is 1.